The molecule has 0 saturated heterocycles. The van der Waals surface area contributed by atoms with Crippen LogP contribution in [-0.2, 0) is 0 Å². The van der Waals surface area contributed by atoms with Crippen LogP contribution in [0.3, 0.4) is 0 Å². The predicted molar refractivity (Wildman–Crippen MR) is 73.6 cm³/mol. The first kappa shape index (κ1) is 14.2. The zero-order chi connectivity index (χ0) is 12.8. The van der Waals surface area contributed by atoms with Crippen LogP contribution in [0.5, 0.6) is 0 Å². The number of carbonyl (C=O) groups excluding carboxylic acids is 1. The number of halogens is 1. The number of hydrogen-bond donors (Lipinski definition) is 0. The average molecular weight is 299 g/mol. The molecule has 0 radical (unpaired) electrons. The molecule has 0 N–H and O–H groups in total. The number of hydrogen-bond acceptors (Lipinski definition) is 2. The minimum absolute atomic E-state index is 0.0893. The Balaban J connectivity index is 2.84. The molecule has 0 fully saturated rings. The van der Waals surface area contributed by atoms with Gasteiger partial charge in [0.25, 0.3) is 5.91 Å². The van der Waals surface area contributed by atoms with Crippen molar-refractivity contribution in [3.63, 3.8) is 0 Å². The van der Waals surface area contributed by atoms with Crippen molar-refractivity contribution < 1.29 is 4.79 Å². The highest BCUT2D eigenvalue weighted by molar-refractivity contribution is 9.09. The molecule has 0 bridgehead atoms. The lowest BCUT2D eigenvalue weighted by atomic mass is 10.1. The lowest BCUT2D eigenvalue weighted by Gasteiger charge is -2.26. The van der Waals surface area contributed by atoms with Crippen LogP contribution in [0.4, 0.5) is 0 Å². The molecular weight excluding hydrogens is 280 g/mol. The van der Waals surface area contributed by atoms with E-state index in [0.29, 0.717) is 0 Å². The summed E-state index contributed by atoms with van der Waals surface area (Å²) in [6.45, 7) is 6.76. The van der Waals surface area contributed by atoms with Crippen LogP contribution >= 0.6 is 15.9 Å². The van der Waals surface area contributed by atoms with Crippen molar-refractivity contribution in [1.29, 1.82) is 0 Å². The Labute approximate surface area is 111 Å². The van der Waals surface area contributed by atoms with E-state index in [2.05, 4.69) is 20.9 Å². The van der Waals surface area contributed by atoms with E-state index in [1.165, 1.54) is 0 Å². The normalized spacial score (nSPS) is 10.6. The van der Waals surface area contributed by atoms with E-state index < -0.39 is 0 Å². The second kappa shape index (κ2) is 6.74. The van der Waals surface area contributed by atoms with Crippen LogP contribution in [0.15, 0.2) is 18.3 Å². The first-order valence-corrected chi connectivity index (χ1v) is 6.98. The lowest BCUT2D eigenvalue weighted by Crippen LogP contribution is -2.37. The monoisotopic (exact) mass is 298 g/mol. The Bertz CT molecular complexity index is 379. The molecule has 0 saturated carbocycles. The smallest absolute Gasteiger partial charge is 0.254 e. The summed E-state index contributed by atoms with van der Waals surface area (Å²) >= 11 is 3.40. The van der Waals surface area contributed by atoms with Crippen LogP contribution in [-0.4, -0.2) is 33.7 Å². The zero-order valence-electron chi connectivity index (χ0n) is 10.6. The maximum atomic E-state index is 12.3. The minimum Gasteiger partial charge on any atom is -0.336 e. The molecule has 0 atom stereocenters. The molecule has 0 aromatic carbocycles. The van der Waals surface area contributed by atoms with Crippen molar-refractivity contribution in [2.75, 3.05) is 11.9 Å². The predicted octanol–water partition coefficient (Wildman–Crippen LogP) is 3.03. The minimum atomic E-state index is 0.0893. The summed E-state index contributed by atoms with van der Waals surface area (Å²) in [5.41, 5.74) is 1.60. The Morgan fingerprint density at radius 2 is 2.24 bits per heavy atom. The molecule has 1 aromatic rings. The van der Waals surface area contributed by atoms with E-state index in [0.717, 1.165) is 29.6 Å². The lowest BCUT2D eigenvalue weighted by molar-refractivity contribution is 0.0706. The Hall–Kier alpha value is -0.900. The van der Waals surface area contributed by atoms with Gasteiger partial charge in [0.15, 0.2) is 0 Å². The standard InChI is InChI=1S/C13H19BrN2O/c1-10(2)16(8-4-6-14)13(17)12-5-7-15-11(3)9-12/h5,7,9-10H,4,6,8H2,1-3H3. The largest absolute Gasteiger partial charge is 0.336 e. The fourth-order valence-electron chi connectivity index (χ4n) is 1.67. The molecular formula is C13H19BrN2O. The third-order valence-electron chi connectivity index (χ3n) is 2.56. The third kappa shape index (κ3) is 4.11. The Morgan fingerprint density at radius 3 is 2.76 bits per heavy atom. The number of alkyl halides is 1. The van der Waals surface area contributed by atoms with Crippen molar-refractivity contribution in [3.05, 3.63) is 29.6 Å². The Kier molecular flexibility index (Phi) is 5.62. The van der Waals surface area contributed by atoms with Gasteiger partial charge in [0.05, 0.1) is 0 Å². The molecule has 4 heteroatoms. The summed E-state index contributed by atoms with van der Waals surface area (Å²) in [7, 11) is 0. The van der Waals surface area contributed by atoms with Crippen molar-refractivity contribution in [2.24, 2.45) is 0 Å². The number of aromatic nitrogens is 1. The van der Waals surface area contributed by atoms with Gasteiger partial charge in [-0.3, -0.25) is 9.78 Å². The van der Waals surface area contributed by atoms with Crippen LogP contribution in [0.1, 0.15) is 36.3 Å². The number of aryl methyl sites for hydroxylation is 1. The topological polar surface area (TPSA) is 33.2 Å². The van der Waals surface area contributed by atoms with Crippen molar-refractivity contribution in [2.45, 2.75) is 33.2 Å². The molecule has 1 aromatic heterocycles. The molecule has 0 spiro atoms. The molecule has 0 aliphatic heterocycles. The number of nitrogens with zero attached hydrogens (tertiary/aromatic N) is 2. The van der Waals surface area contributed by atoms with Crippen molar-refractivity contribution in [3.8, 4) is 0 Å². The molecule has 0 aliphatic rings. The van der Waals surface area contributed by atoms with E-state index in [9.17, 15) is 4.79 Å². The summed E-state index contributed by atoms with van der Waals surface area (Å²) in [6.07, 6.45) is 2.65. The van der Waals surface area contributed by atoms with E-state index in [1.54, 1.807) is 12.3 Å². The third-order valence-corrected chi connectivity index (χ3v) is 3.12. The molecule has 0 unspecified atom stereocenters. The van der Waals surface area contributed by atoms with Gasteiger partial charge < -0.3 is 4.90 Å². The quantitative estimate of drug-likeness (QED) is 0.783. The first-order chi connectivity index (χ1) is 8.06. The zero-order valence-corrected chi connectivity index (χ0v) is 12.2. The number of rotatable bonds is 5. The molecule has 17 heavy (non-hydrogen) atoms. The van der Waals surface area contributed by atoms with Gasteiger partial charge in [0, 0.05) is 35.4 Å². The van der Waals surface area contributed by atoms with E-state index in [4.69, 9.17) is 0 Å². The molecule has 1 rings (SSSR count). The SMILES string of the molecule is Cc1cc(C(=O)N(CCCBr)C(C)C)ccn1. The molecule has 0 aliphatic carbocycles. The number of amides is 1. The van der Waals surface area contributed by atoms with Crippen LogP contribution in [0.25, 0.3) is 0 Å². The second-order valence-electron chi connectivity index (χ2n) is 4.32. The Morgan fingerprint density at radius 1 is 1.53 bits per heavy atom. The number of pyridine rings is 1. The van der Waals surface area contributed by atoms with Gasteiger partial charge in [0.2, 0.25) is 0 Å². The van der Waals surface area contributed by atoms with Crippen molar-refractivity contribution in [1.82, 2.24) is 9.88 Å². The summed E-state index contributed by atoms with van der Waals surface area (Å²) < 4.78 is 0. The molecule has 1 heterocycles. The fourth-order valence-corrected chi connectivity index (χ4v) is 1.92. The fraction of sp³-hybridized carbons (Fsp3) is 0.538. The summed E-state index contributed by atoms with van der Waals surface area (Å²) in [5, 5.41) is 0.916. The van der Waals surface area contributed by atoms with Gasteiger partial charge in [-0.15, -0.1) is 0 Å². The molecule has 3 nitrogen and oxygen atoms in total. The maximum Gasteiger partial charge on any atom is 0.254 e. The second-order valence-corrected chi connectivity index (χ2v) is 5.11. The van der Waals surface area contributed by atoms with Gasteiger partial charge >= 0.3 is 0 Å². The van der Waals surface area contributed by atoms with Crippen LogP contribution in [0, 0.1) is 6.92 Å². The maximum absolute atomic E-state index is 12.3. The summed E-state index contributed by atoms with van der Waals surface area (Å²) in [5.74, 6) is 0.0893. The van der Waals surface area contributed by atoms with E-state index >= 15 is 0 Å². The van der Waals surface area contributed by atoms with Gasteiger partial charge in [-0.25, -0.2) is 0 Å². The summed E-state index contributed by atoms with van der Waals surface area (Å²) in [6, 6.07) is 3.83. The highest BCUT2D eigenvalue weighted by atomic mass is 79.9. The van der Waals surface area contributed by atoms with Crippen LogP contribution in [0.2, 0.25) is 0 Å². The molecule has 1 amide bonds. The molecule has 94 valence electrons. The summed E-state index contributed by atoms with van der Waals surface area (Å²) in [4.78, 5) is 18.3. The van der Waals surface area contributed by atoms with Gasteiger partial charge in [-0.2, -0.15) is 0 Å². The van der Waals surface area contributed by atoms with Crippen molar-refractivity contribution >= 4 is 21.8 Å². The van der Waals surface area contributed by atoms with Crippen LogP contribution < -0.4 is 0 Å². The van der Waals surface area contributed by atoms with E-state index in [-0.39, 0.29) is 11.9 Å². The van der Waals surface area contributed by atoms with E-state index in [1.807, 2.05) is 31.7 Å². The van der Waals surface area contributed by atoms with Gasteiger partial charge in [-0.05, 0) is 39.3 Å². The highest BCUT2D eigenvalue weighted by Gasteiger charge is 2.18. The number of carbonyl (C=O) groups is 1. The first-order valence-electron chi connectivity index (χ1n) is 5.86. The van der Waals surface area contributed by atoms with Gasteiger partial charge in [-0.1, -0.05) is 15.9 Å². The van der Waals surface area contributed by atoms with Gasteiger partial charge in [0.1, 0.15) is 0 Å². The highest BCUT2D eigenvalue weighted by Crippen LogP contribution is 2.10. The average Bonchev–Trinajstić information content (AvgIpc) is 2.29.